The minimum Gasteiger partial charge on any atom is -0.461 e. The highest BCUT2D eigenvalue weighted by molar-refractivity contribution is 7.13. The zero-order chi connectivity index (χ0) is 14.4. The first-order valence-electron chi connectivity index (χ1n) is 7.12. The van der Waals surface area contributed by atoms with E-state index in [0.29, 0.717) is 5.82 Å². The monoisotopic (exact) mass is 300 g/mol. The van der Waals surface area contributed by atoms with E-state index in [2.05, 4.69) is 15.1 Å². The molecule has 1 aliphatic rings. The highest BCUT2D eigenvalue weighted by atomic mass is 32.1. The molecule has 0 spiro atoms. The van der Waals surface area contributed by atoms with Crippen LogP contribution in [-0.2, 0) is 6.54 Å². The van der Waals surface area contributed by atoms with Crippen LogP contribution in [-0.4, -0.2) is 19.7 Å². The average molecular weight is 300 g/mol. The molecule has 3 heterocycles. The molecule has 4 rings (SSSR count). The van der Waals surface area contributed by atoms with Crippen molar-refractivity contribution in [3.8, 4) is 22.4 Å². The first kappa shape index (κ1) is 12.8. The van der Waals surface area contributed by atoms with Gasteiger partial charge in [-0.25, -0.2) is 14.6 Å². The molecule has 0 saturated heterocycles. The molecule has 0 bridgehead atoms. The molecule has 1 fully saturated rings. The number of rotatable bonds is 4. The Hall–Kier alpha value is -1.95. The Labute approximate surface area is 126 Å². The molecule has 0 aromatic carbocycles. The number of hydrogen-bond acceptors (Lipinski definition) is 5. The van der Waals surface area contributed by atoms with Gasteiger partial charge in [0.2, 0.25) is 5.82 Å². The summed E-state index contributed by atoms with van der Waals surface area (Å²) < 4.78 is 7.59. The van der Waals surface area contributed by atoms with Gasteiger partial charge in [-0.15, -0.1) is 16.4 Å². The molecule has 0 atom stereocenters. The van der Waals surface area contributed by atoms with Gasteiger partial charge in [0.1, 0.15) is 0 Å². The Bertz CT molecular complexity index is 781. The van der Waals surface area contributed by atoms with Gasteiger partial charge in [0.05, 0.1) is 6.26 Å². The van der Waals surface area contributed by atoms with Crippen LogP contribution in [0.4, 0.5) is 0 Å². The Morgan fingerprint density at radius 2 is 2.19 bits per heavy atom. The third kappa shape index (κ3) is 2.40. The fourth-order valence-corrected chi connectivity index (χ4v) is 3.05. The lowest BCUT2D eigenvalue weighted by molar-refractivity contribution is 0.536. The zero-order valence-corrected chi connectivity index (χ0v) is 12.9. The fourth-order valence-electron chi connectivity index (χ4n) is 2.33. The van der Waals surface area contributed by atoms with Crippen LogP contribution in [0, 0.1) is 19.8 Å². The lowest BCUT2D eigenvalue weighted by Crippen LogP contribution is -2.04. The molecule has 1 saturated carbocycles. The number of thiazole rings is 1. The van der Waals surface area contributed by atoms with E-state index in [0.717, 1.165) is 40.3 Å². The number of nitrogens with zero attached hydrogens (tertiary/aromatic N) is 4. The minimum absolute atomic E-state index is 0.694. The molecule has 1 aliphatic carbocycles. The van der Waals surface area contributed by atoms with Crippen LogP contribution in [0.3, 0.4) is 0 Å². The van der Waals surface area contributed by atoms with E-state index in [4.69, 9.17) is 4.42 Å². The lowest BCUT2D eigenvalue weighted by Gasteiger charge is -2.02. The summed E-state index contributed by atoms with van der Waals surface area (Å²) >= 11 is 1.58. The molecule has 3 aromatic rings. The number of aromatic nitrogens is 4. The molecule has 0 N–H and O–H groups in total. The first-order chi connectivity index (χ1) is 10.2. The second kappa shape index (κ2) is 4.80. The van der Waals surface area contributed by atoms with Crippen molar-refractivity contribution in [3.05, 3.63) is 29.0 Å². The van der Waals surface area contributed by atoms with Gasteiger partial charge >= 0.3 is 0 Å². The summed E-state index contributed by atoms with van der Waals surface area (Å²) in [6, 6.07) is 1.96. The molecule has 0 amide bonds. The maximum Gasteiger partial charge on any atom is 0.210 e. The summed E-state index contributed by atoms with van der Waals surface area (Å²) in [4.78, 5) is 9.17. The van der Waals surface area contributed by atoms with Crippen molar-refractivity contribution >= 4 is 11.3 Å². The van der Waals surface area contributed by atoms with Crippen LogP contribution in [0.2, 0.25) is 0 Å². The highest BCUT2D eigenvalue weighted by Gasteiger charge is 2.26. The van der Waals surface area contributed by atoms with E-state index >= 15 is 0 Å². The van der Waals surface area contributed by atoms with Crippen LogP contribution in [0.25, 0.3) is 22.4 Å². The first-order valence-corrected chi connectivity index (χ1v) is 8.00. The van der Waals surface area contributed by atoms with Crippen LogP contribution in [0.1, 0.15) is 24.1 Å². The molecule has 6 heteroatoms. The quantitative estimate of drug-likeness (QED) is 0.737. The third-order valence-electron chi connectivity index (χ3n) is 3.68. The summed E-state index contributed by atoms with van der Waals surface area (Å²) in [5.41, 5.74) is 2.09. The van der Waals surface area contributed by atoms with Gasteiger partial charge in [-0.2, -0.15) is 0 Å². The molecule has 3 aromatic heterocycles. The van der Waals surface area contributed by atoms with E-state index in [1.807, 2.05) is 30.0 Å². The summed E-state index contributed by atoms with van der Waals surface area (Å²) in [6.45, 7) is 4.92. The summed E-state index contributed by atoms with van der Waals surface area (Å²) in [5.74, 6) is 3.04. The van der Waals surface area contributed by atoms with Crippen molar-refractivity contribution in [1.29, 1.82) is 0 Å². The third-order valence-corrected chi connectivity index (χ3v) is 4.63. The van der Waals surface area contributed by atoms with E-state index in [1.165, 1.54) is 12.8 Å². The van der Waals surface area contributed by atoms with Gasteiger partial charge in [0.15, 0.2) is 16.6 Å². The zero-order valence-electron chi connectivity index (χ0n) is 12.0. The maximum atomic E-state index is 5.61. The second-order valence-electron chi connectivity index (χ2n) is 5.61. The van der Waals surface area contributed by atoms with Crippen molar-refractivity contribution in [2.24, 2.45) is 5.92 Å². The van der Waals surface area contributed by atoms with Crippen molar-refractivity contribution in [2.45, 2.75) is 33.2 Å². The average Bonchev–Trinajstić information content (AvgIpc) is 2.85. The van der Waals surface area contributed by atoms with E-state index in [1.54, 1.807) is 17.6 Å². The summed E-state index contributed by atoms with van der Waals surface area (Å²) in [7, 11) is 0. The van der Waals surface area contributed by atoms with Crippen LogP contribution in [0.5, 0.6) is 0 Å². The van der Waals surface area contributed by atoms with Gasteiger partial charge < -0.3 is 4.42 Å². The topological polar surface area (TPSA) is 56.7 Å². The Morgan fingerprint density at radius 1 is 1.33 bits per heavy atom. The molecule has 21 heavy (non-hydrogen) atoms. The molecular weight excluding hydrogens is 284 g/mol. The van der Waals surface area contributed by atoms with Crippen molar-refractivity contribution in [3.63, 3.8) is 0 Å². The SMILES string of the molecule is Cc1csc(-c2nc(-c3occc3C)n(CC3CC3)n2)n1. The molecule has 108 valence electrons. The van der Waals surface area contributed by atoms with Gasteiger partial charge in [0, 0.05) is 17.6 Å². The molecule has 0 aliphatic heterocycles. The van der Waals surface area contributed by atoms with Crippen LogP contribution >= 0.6 is 11.3 Å². The molecular formula is C15H16N4OS. The summed E-state index contributed by atoms with van der Waals surface area (Å²) in [5, 5.41) is 7.56. The smallest absolute Gasteiger partial charge is 0.210 e. The van der Waals surface area contributed by atoms with Crippen molar-refractivity contribution in [2.75, 3.05) is 0 Å². The van der Waals surface area contributed by atoms with Crippen molar-refractivity contribution in [1.82, 2.24) is 19.7 Å². The largest absolute Gasteiger partial charge is 0.461 e. The standard InChI is InChI=1S/C15H16N4OS/c1-9-5-6-20-12(9)14-17-13(15-16-10(2)8-21-15)18-19(14)7-11-3-4-11/h5-6,8,11H,3-4,7H2,1-2H3. The summed E-state index contributed by atoms with van der Waals surface area (Å²) in [6.07, 6.45) is 4.26. The predicted molar refractivity (Wildman–Crippen MR) is 81.0 cm³/mol. The fraction of sp³-hybridized carbons (Fsp3) is 0.400. The number of furan rings is 1. The van der Waals surface area contributed by atoms with Crippen LogP contribution in [0.15, 0.2) is 22.1 Å². The lowest BCUT2D eigenvalue weighted by atomic mass is 10.2. The Kier molecular flexibility index (Phi) is 2.92. The van der Waals surface area contributed by atoms with E-state index in [-0.39, 0.29) is 0 Å². The molecule has 5 nitrogen and oxygen atoms in total. The number of hydrogen-bond donors (Lipinski definition) is 0. The molecule has 0 radical (unpaired) electrons. The Balaban J connectivity index is 1.80. The van der Waals surface area contributed by atoms with Gasteiger partial charge in [0.25, 0.3) is 0 Å². The van der Waals surface area contributed by atoms with Gasteiger partial charge in [-0.1, -0.05) is 0 Å². The van der Waals surface area contributed by atoms with Gasteiger partial charge in [-0.3, -0.25) is 0 Å². The van der Waals surface area contributed by atoms with Crippen molar-refractivity contribution < 1.29 is 4.42 Å². The highest BCUT2D eigenvalue weighted by Crippen LogP contribution is 2.33. The second-order valence-corrected chi connectivity index (χ2v) is 6.47. The maximum absolute atomic E-state index is 5.61. The predicted octanol–water partition coefficient (Wildman–Crippen LogP) is 3.69. The van der Waals surface area contributed by atoms with E-state index in [9.17, 15) is 0 Å². The van der Waals surface area contributed by atoms with E-state index < -0.39 is 0 Å². The number of aryl methyl sites for hydroxylation is 2. The van der Waals surface area contributed by atoms with Gasteiger partial charge in [-0.05, 0) is 44.2 Å². The minimum atomic E-state index is 0.694. The Morgan fingerprint density at radius 3 is 2.81 bits per heavy atom. The van der Waals surface area contributed by atoms with Crippen LogP contribution < -0.4 is 0 Å². The normalized spacial score (nSPS) is 14.8. The molecule has 0 unspecified atom stereocenters.